The third-order valence-corrected chi connectivity index (χ3v) is 4.17. The Labute approximate surface area is 126 Å². The molecule has 6 nitrogen and oxygen atoms in total. The summed E-state index contributed by atoms with van der Waals surface area (Å²) in [5.74, 6) is -0.288. The summed E-state index contributed by atoms with van der Waals surface area (Å²) in [5.41, 5.74) is 0.0892. The van der Waals surface area contributed by atoms with Gasteiger partial charge in [0.1, 0.15) is 4.90 Å². The lowest BCUT2D eigenvalue weighted by Crippen LogP contribution is -2.41. The van der Waals surface area contributed by atoms with Crippen molar-refractivity contribution in [3.8, 4) is 0 Å². The normalized spacial score (nSPS) is 12.2. The molecule has 0 radical (unpaired) electrons. The lowest BCUT2D eigenvalue weighted by Gasteiger charge is -2.20. The summed E-state index contributed by atoms with van der Waals surface area (Å²) in [7, 11) is -3.62. The van der Waals surface area contributed by atoms with Crippen LogP contribution in [0.15, 0.2) is 29.2 Å². The van der Waals surface area contributed by atoms with Crippen LogP contribution in [-0.4, -0.2) is 33.0 Å². The van der Waals surface area contributed by atoms with Gasteiger partial charge in [-0.15, -0.1) is 0 Å². The molecule has 0 spiro atoms. The zero-order chi connectivity index (χ0) is 16.1. The van der Waals surface area contributed by atoms with E-state index in [1.807, 2.05) is 20.8 Å². The van der Waals surface area contributed by atoms with Crippen LogP contribution >= 0.6 is 0 Å². The number of benzene rings is 1. The van der Waals surface area contributed by atoms with Crippen LogP contribution in [0, 0.1) is 0 Å². The van der Waals surface area contributed by atoms with Gasteiger partial charge in [0.2, 0.25) is 15.9 Å². The highest BCUT2D eigenvalue weighted by molar-refractivity contribution is 7.89. The molecule has 0 bridgehead atoms. The molecule has 1 rings (SSSR count). The second-order valence-corrected chi connectivity index (χ2v) is 7.38. The van der Waals surface area contributed by atoms with Gasteiger partial charge in [-0.25, -0.2) is 13.1 Å². The van der Waals surface area contributed by atoms with E-state index in [-0.39, 0.29) is 35.1 Å². The smallest absolute Gasteiger partial charge is 0.242 e. The molecule has 0 aliphatic heterocycles. The fourth-order valence-corrected chi connectivity index (χ4v) is 2.81. The zero-order valence-electron chi connectivity index (χ0n) is 12.9. The van der Waals surface area contributed by atoms with Crippen LogP contribution in [0.4, 0.5) is 5.69 Å². The Morgan fingerprint density at radius 3 is 2.38 bits per heavy atom. The first-order chi connectivity index (χ1) is 9.65. The fourth-order valence-electron chi connectivity index (χ4n) is 1.61. The first kappa shape index (κ1) is 17.6. The standard InChI is InChI=1S/C14H23N3O3S/c1-5-16-21(19,20)12-9-7-6-8-11(12)17-13(18)10-15-14(2,3)4/h6-9,15-16H,5,10H2,1-4H3,(H,17,18). The third kappa shape index (κ3) is 5.82. The Balaban J connectivity index is 2.88. The lowest BCUT2D eigenvalue weighted by atomic mass is 10.1. The Kier molecular flexibility index (Phi) is 5.88. The van der Waals surface area contributed by atoms with Gasteiger partial charge in [-0.2, -0.15) is 0 Å². The number of amides is 1. The van der Waals surface area contributed by atoms with E-state index in [0.29, 0.717) is 0 Å². The molecule has 0 aliphatic carbocycles. The molecule has 0 aromatic heterocycles. The van der Waals surface area contributed by atoms with Crippen molar-refractivity contribution in [3.63, 3.8) is 0 Å². The maximum atomic E-state index is 12.1. The maximum Gasteiger partial charge on any atom is 0.242 e. The number of hydrogen-bond donors (Lipinski definition) is 3. The predicted octanol–water partition coefficient (Wildman–Crippen LogP) is 1.31. The Bertz CT molecular complexity index is 592. The zero-order valence-corrected chi connectivity index (χ0v) is 13.7. The number of sulfonamides is 1. The Morgan fingerprint density at radius 2 is 1.81 bits per heavy atom. The minimum Gasteiger partial charge on any atom is -0.324 e. The lowest BCUT2D eigenvalue weighted by molar-refractivity contribution is -0.115. The molecule has 1 aromatic rings. The molecule has 7 heteroatoms. The minimum atomic E-state index is -3.62. The third-order valence-electron chi connectivity index (χ3n) is 2.56. The highest BCUT2D eigenvalue weighted by atomic mass is 32.2. The van der Waals surface area contributed by atoms with Crippen LogP contribution in [-0.2, 0) is 14.8 Å². The molecule has 0 saturated heterocycles. The van der Waals surface area contributed by atoms with E-state index in [9.17, 15) is 13.2 Å². The van der Waals surface area contributed by atoms with E-state index in [1.165, 1.54) is 6.07 Å². The number of anilines is 1. The summed E-state index contributed by atoms with van der Waals surface area (Å²) in [6.45, 7) is 7.94. The van der Waals surface area contributed by atoms with Crippen molar-refractivity contribution < 1.29 is 13.2 Å². The number of nitrogens with one attached hydrogen (secondary N) is 3. The van der Waals surface area contributed by atoms with Gasteiger partial charge in [0, 0.05) is 12.1 Å². The van der Waals surface area contributed by atoms with E-state index in [0.717, 1.165) is 0 Å². The summed E-state index contributed by atoms with van der Waals surface area (Å²) < 4.78 is 26.6. The van der Waals surface area contributed by atoms with Crippen molar-refractivity contribution in [2.24, 2.45) is 0 Å². The summed E-state index contributed by atoms with van der Waals surface area (Å²) in [6.07, 6.45) is 0. The highest BCUT2D eigenvalue weighted by Crippen LogP contribution is 2.20. The van der Waals surface area contributed by atoms with Crippen LogP contribution in [0.1, 0.15) is 27.7 Å². The summed E-state index contributed by atoms with van der Waals surface area (Å²) in [5, 5.41) is 5.68. The summed E-state index contributed by atoms with van der Waals surface area (Å²) >= 11 is 0. The van der Waals surface area contributed by atoms with Gasteiger partial charge in [0.15, 0.2) is 0 Å². The fraction of sp³-hybridized carbons (Fsp3) is 0.500. The SMILES string of the molecule is CCNS(=O)(=O)c1ccccc1NC(=O)CNC(C)(C)C. The van der Waals surface area contributed by atoms with E-state index in [1.54, 1.807) is 25.1 Å². The quantitative estimate of drug-likeness (QED) is 0.739. The van der Waals surface area contributed by atoms with Gasteiger partial charge in [0.25, 0.3) is 0 Å². The van der Waals surface area contributed by atoms with Crippen molar-refractivity contribution in [2.75, 3.05) is 18.4 Å². The molecule has 0 saturated carbocycles. The van der Waals surface area contributed by atoms with E-state index in [2.05, 4.69) is 15.4 Å². The van der Waals surface area contributed by atoms with Gasteiger partial charge in [-0.3, -0.25) is 4.79 Å². The van der Waals surface area contributed by atoms with Crippen molar-refractivity contribution in [3.05, 3.63) is 24.3 Å². The second-order valence-electron chi connectivity index (χ2n) is 5.65. The molecular formula is C14H23N3O3S. The van der Waals surface area contributed by atoms with E-state index in [4.69, 9.17) is 0 Å². The molecule has 0 atom stereocenters. The molecule has 0 heterocycles. The highest BCUT2D eigenvalue weighted by Gasteiger charge is 2.19. The van der Waals surface area contributed by atoms with Crippen LogP contribution in [0.3, 0.4) is 0 Å². The van der Waals surface area contributed by atoms with Crippen molar-refractivity contribution in [1.82, 2.24) is 10.0 Å². The molecule has 0 fully saturated rings. The summed E-state index contributed by atoms with van der Waals surface area (Å²) in [4.78, 5) is 12.0. The molecule has 0 unspecified atom stereocenters. The van der Waals surface area contributed by atoms with Gasteiger partial charge in [-0.05, 0) is 32.9 Å². The first-order valence-electron chi connectivity index (χ1n) is 6.79. The molecular weight excluding hydrogens is 290 g/mol. The topological polar surface area (TPSA) is 87.3 Å². The van der Waals surface area contributed by atoms with Gasteiger partial charge >= 0.3 is 0 Å². The number of carbonyl (C=O) groups excluding carboxylic acids is 1. The van der Waals surface area contributed by atoms with Crippen molar-refractivity contribution >= 4 is 21.6 Å². The molecule has 0 aliphatic rings. The van der Waals surface area contributed by atoms with Gasteiger partial charge in [0.05, 0.1) is 12.2 Å². The average molecular weight is 313 g/mol. The van der Waals surface area contributed by atoms with Crippen LogP contribution < -0.4 is 15.4 Å². The van der Waals surface area contributed by atoms with Crippen LogP contribution in [0.25, 0.3) is 0 Å². The van der Waals surface area contributed by atoms with Gasteiger partial charge in [-0.1, -0.05) is 19.1 Å². The number of carbonyl (C=O) groups is 1. The average Bonchev–Trinajstić information content (AvgIpc) is 2.36. The van der Waals surface area contributed by atoms with Crippen molar-refractivity contribution in [2.45, 2.75) is 38.1 Å². The van der Waals surface area contributed by atoms with E-state index < -0.39 is 10.0 Å². The van der Waals surface area contributed by atoms with Crippen LogP contribution in [0.5, 0.6) is 0 Å². The van der Waals surface area contributed by atoms with E-state index >= 15 is 0 Å². The van der Waals surface area contributed by atoms with Crippen LogP contribution in [0.2, 0.25) is 0 Å². The molecule has 118 valence electrons. The summed E-state index contributed by atoms with van der Waals surface area (Å²) in [6, 6.07) is 6.33. The second kappa shape index (κ2) is 7.02. The first-order valence-corrected chi connectivity index (χ1v) is 8.27. The minimum absolute atomic E-state index is 0.0657. The largest absolute Gasteiger partial charge is 0.324 e. The van der Waals surface area contributed by atoms with Crippen molar-refractivity contribution in [1.29, 1.82) is 0 Å². The number of rotatable bonds is 6. The Morgan fingerprint density at radius 1 is 1.19 bits per heavy atom. The molecule has 3 N–H and O–H groups in total. The van der Waals surface area contributed by atoms with Gasteiger partial charge < -0.3 is 10.6 Å². The maximum absolute atomic E-state index is 12.1. The number of para-hydroxylation sites is 1. The number of hydrogen-bond acceptors (Lipinski definition) is 4. The molecule has 1 aromatic carbocycles. The monoisotopic (exact) mass is 313 g/mol. The Hall–Kier alpha value is -1.44. The molecule has 1 amide bonds. The molecule has 21 heavy (non-hydrogen) atoms. The predicted molar refractivity (Wildman–Crippen MR) is 83.7 cm³/mol.